The smallest absolute Gasteiger partial charge is 0.191 e. The fourth-order valence-electron chi connectivity index (χ4n) is 4.94. The lowest BCUT2D eigenvalue weighted by molar-refractivity contribution is 0.119. The van der Waals surface area contributed by atoms with Gasteiger partial charge in [0.1, 0.15) is 5.76 Å². The van der Waals surface area contributed by atoms with E-state index in [-0.39, 0.29) is 30.0 Å². The Hall–Kier alpha value is -1.54. The highest BCUT2D eigenvalue weighted by Gasteiger charge is 2.26. The molecule has 5 nitrogen and oxygen atoms in total. The summed E-state index contributed by atoms with van der Waals surface area (Å²) in [4.78, 5) is 7.63. The van der Waals surface area contributed by atoms with Gasteiger partial charge in [-0.2, -0.15) is 0 Å². The molecule has 2 heterocycles. The topological polar surface area (TPSA) is 52.8 Å². The SMILES string of the molecule is CC(NC(=NCCc1ccco1)NC1CCN(C2CCCCC2)CC1)c1ccccc1.I. The van der Waals surface area contributed by atoms with Crippen LogP contribution in [0.15, 0.2) is 58.1 Å². The van der Waals surface area contributed by atoms with Crippen LogP contribution in [0.2, 0.25) is 0 Å². The molecule has 0 amide bonds. The molecule has 1 aliphatic heterocycles. The molecule has 176 valence electrons. The molecular weight excluding hydrogens is 511 g/mol. The molecule has 1 aromatic carbocycles. The highest BCUT2D eigenvalue weighted by atomic mass is 127. The minimum atomic E-state index is 0. The number of rotatable bonds is 7. The minimum Gasteiger partial charge on any atom is -0.469 e. The number of halogens is 1. The van der Waals surface area contributed by atoms with Gasteiger partial charge in [-0.25, -0.2) is 0 Å². The van der Waals surface area contributed by atoms with Crippen LogP contribution in [0, 0.1) is 0 Å². The third kappa shape index (κ3) is 7.51. The lowest BCUT2D eigenvalue weighted by atomic mass is 9.92. The quantitative estimate of drug-likeness (QED) is 0.270. The van der Waals surface area contributed by atoms with Crippen molar-refractivity contribution in [3.05, 3.63) is 60.1 Å². The van der Waals surface area contributed by atoms with Gasteiger partial charge in [-0.05, 0) is 50.3 Å². The van der Waals surface area contributed by atoms with E-state index in [9.17, 15) is 0 Å². The second kappa shape index (κ2) is 13.2. The van der Waals surface area contributed by atoms with Crippen LogP contribution in [0.3, 0.4) is 0 Å². The van der Waals surface area contributed by atoms with Gasteiger partial charge in [0.15, 0.2) is 5.96 Å². The van der Waals surface area contributed by atoms with Crippen molar-refractivity contribution in [3.8, 4) is 0 Å². The summed E-state index contributed by atoms with van der Waals surface area (Å²) < 4.78 is 5.47. The van der Waals surface area contributed by atoms with Gasteiger partial charge in [0.2, 0.25) is 0 Å². The number of nitrogens with zero attached hydrogens (tertiary/aromatic N) is 2. The van der Waals surface area contributed by atoms with E-state index in [4.69, 9.17) is 9.41 Å². The van der Waals surface area contributed by atoms with Crippen molar-refractivity contribution in [1.29, 1.82) is 0 Å². The molecule has 32 heavy (non-hydrogen) atoms. The average Bonchev–Trinajstić information content (AvgIpc) is 3.34. The summed E-state index contributed by atoms with van der Waals surface area (Å²) in [6, 6.07) is 16.1. The maximum absolute atomic E-state index is 5.47. The van der Waals surface area contributed by atoms with Crippen molar-refractivity contribution in [2.45, 2.75) is 76.4 Å². The fourth-order valence-corrected chi connectivity index (χ4v) is 4.94. The molecule has 1 atom stereocenters. The Kier molecular flexibility index (Phi) is 10.4. The number of guanidine groups is 1. The first-order valence-electron chi connectivity index (χ1n) is 12.2. The van der Waals surface area contributed by atoms with Gasteiger partial charge in [-0.15, -0.1) is 24.0 Å². The molecule has 6 heteroatoms. The van der Waals surface area contributed by atoms with Crippen molar-refractivity contribution in [2.24, 2.45) is 4.99 Å². The zero-order valence-corrected chi connectivity index (χ0v) is 21.7. The molecule has 2 fully saturated rings. The van der Waals surface area contributed by atoms with Crippen LogP contribution in [-0.2, 0) is 6.42 Å². The summed E-state index contributed by atoms with van der Waals surface area (Å²) in [6.07, 6.45) is 12.0. The molecule has 0 radical (unpaired) electrons. The van der Waals surface area contributed by atoms with Crippen LogP contribution in [0.25, 0.3) is 0 Å². The number of piperidine rings is 1. The number of hydrogen-bond donors (Lipinski definition) is 2. The first kappa shape index (κ1) is 25.1. The Morgan fingerprint density at radius 3 is 2.47 bits per heavy atom. The molecular formula is C26H39IN4O. The van der Waals surface area contributed by atoms with Crippen molar-refractivity contribution < 1.29 is 4.42 Å². The van der Waals surface area contributed by atoms with E-state index < -0.39 is 0 Å². The normalized spacial score (nSPS) is 19.8. The van der Waals surface area contributed by atoms with E-state index in [1.54, 1.807) is 6.26 Å². The number of hydrogen-bond acceptors (Lipinski definition) is 3. The zero-order valence-electron chi connectivity index (χ0n) is 19.3. The molecule has 2 N–H and O–H groups in total. The van der Waals surface area contributed by atoms with Gasteiger partial charge in [0.25, 0.3) is 0 Å². The van der Waals surface area contributed by atoms with Gasteiger partial charge in [0, 0.05) is 38.1 Å². The lowest BCUT2D eigenvalue weighted by Gasteiger charge is -2.39. The number of nitrogens with one attached hydrogen (secondary N) is 2. The molecule has 2 aromatic rings. The molecule has 2 aliphatic rings. The predicted molar refractivity (Wildman–Crippen MR) is 143 cm³/mol. The molecule has 0 bridgehead atoms. The molecule has 1 aromatic heterocycles. The number of aliphatic imine (C=N–C) groups is 1. The maximum Gasteiger partial charge on any atom is 0.191 e. The van der Waals surface area contributed by atoms with E-state index in [0.29, 0.717) is 12.6 Å². The maximum atomic E-state index is 5.47. The molecule has 1 unspecified atom stereocenters. The lowest BCUT2D eigenvalue weighted by Crippen LogP contribution is -2.51. The Balaban J connectivity index is 0.00000289. The van der Waals surface area contributed by atoms with Crippen LogP contribution in [-0.4, -0.2) is 42.6 Å². The van der Waals surface area contributed by atoms with Crippen molar-refractivity contribution in [2.75, 3.05) is 19.6 Å². The van der Waals surface area contributed by atoms with Crippen molar-refractivity contribution in [1.82, 2.24) is 15.5 Å². The standard InChI is InChI=1S/C26H38N4O.HI/c1-21(22-9-4-2-5-10-22)28-26(27-17-14-25-13-8-20-31-25)29-23-15-18-30(19-16-23)24-11-6-3-7-12-24;/h2,4-5,8-10,13,20-21,23-24H,3,6-7,11-12,14-19H2,1H3,(H2,27,28,29);1H. The second-order valence-corrected chi connectivity index (χ2v) is 9.08. The first-order chi connectivity index (χ1) is 15.3. The van der Waals surface area contributed by atoms with Gasteiger partial charge in [0.05, 0.1) is 12.3 Å². The van der Waals surface area contributed by atoms with Crippen LogP contribution < -0.4 is 10.6 Å². The monoisotopic (exact) mass is 550 g/mol. The summed E-state index contributed by atoms with van der Waals surface area (Å²) in [6.45, 7) is 5.32. The zero-order chi connectivity index (χ0) is 21.3. The number of furan rings is 1. The Labute approximate surface area is 210 Å². The van der Waals surface area contributed by atoms with Gasteiger partial charge in [-0.3, -0.25) is 4.99 Å². The number of benzene rings is 1. The third-order valence-electron chi connectivity index (χ3n) is 6.82. The second-order valence-electron chi connectivity index (χ2n) is 9.08. The minimum absolute atomic E-state index is 0. The van der Waals surface area contributed by atoms with E-state index in [0.717, 1.165) is 24.2 Å². The van der Waals surface area contributed by atoms with Crippen molar-refractivity contribution in [3.63, 3.8) is 0 Å². The predicted octanol–water partition coefficient (Wildman–Crippen LogP) is 5.53. The van der Waals surface area contributed by atoms with Gasteiger partial charge in [-0.1, -0.05) is 49.6 Å². The summed E-state index contributed by atoms with van der Waals surface area (Å²) in [5.41, 5.74) is 1.27. The van der Waals surface area contributed by atoms with E-state index in [2.05, 4.69) is 52.8 Å². The molecule has 0 spiro atoms. The van der Waals surface area contributed by atoms with E-state index in [1.807, 2.05) is 12.1 Å². The van der Waals surface area contributed by atoms with Gasteiger partial charge < -0.3 is 20.0 Å². The molecule has 1 aliphatic carbocycles. The van der Waals surface area contributed by atoms with E-state index in [1.165, 1.54) is 63.6 Å². The molecule has 4 rings (SSSR count). The summed E-state index contributed by atoms with van der Waals surface area (Å²) in [5.74, 6) is 1.90. The summed E-state index contributed by atoms with van der Waals surface area (Å²) in [7, 11) is 0. The van der Waals surface area contributed by atoms with Crippen molar-refractivity contribution >= 4 is 29.9 Å². The van der Waals surface area contributed by atoms with Crippen LogP contribution >= 0.6 is 24.0 Å². The third-order valence-corrected chi connectivity index (χ3v) is 6.82. The summed E-state index contributed by atoms with van der Waals surface area (Å²) >= 11 is 0. The Morgan fingerprint density at radius 2 is 1.78 bits per heavy atom. The van der Waals surface area contributed by atoms with Crippen LogP contribution in [0.4, 0.5) is 0 Å². The average molecular weight is 551 g/mol. The van der Waals surface area contributed by atoms with Gasteiger partial charge >= 0.3 is 0 Å². The molecule has 1 saturated heterocycles. The fraction of sp³-hybridized carbons (Fsp3) is 0.577. The largest absolute Gasteiger partial charge is 0.469 e. The van der Waals surface area contributed by atoms with E-state index >= 15 is 0 Å². The summed E-state index contributed by atoms with van der Waals surface area (Å²) in [5, 5.41) is 7.37. The Bertz CT molecular complexity index is 781. The van der Waals surface area contributed by atoms with Crippen LogP contribution in [0.5, 0.6) is 0 Å². The first-order valence-corrected chi connectivity index (χ1v) is 12.2. The number of likely N-dealkylation sites (tertiary alicyclic amines) is 1. The molecule has 1 saturated carbocycles. The Morgan fingerprint density at radius 1 is 1.03 bits per heavy atom. The van der Waals surface area contributed by atoms with Crippen LogP contribution in [0.1, 0.15) is 69.2 Å². The highest BCUT2D eigenvalue weighted by molar-refractivity contribution is 14.0. The highest BCUT2D eigenvalue weighted by Crippen LogP contribution is 2.25.